The largest absolute Gasteiger partial charge is 0.465 e. The van der Waals surface area contributed by atoms with Crippen LogP contribution in [0.3, 0.4) is 0 Å². The second-order valence-electron chi connectivity index (χ2n) is 6.72. The maximum absolute atomic E-state index is 12.5. The molecule has 1 fully saturated rings. The van der Waals surface area contributed by atoms with E-state index in [1.54, 1.807) is 30.3 Å². The second kappa shape index (κ2) is 10.5. The molecule has 1 saturated heterocycles. The number of nitriles is 1. The van der Waals surface area contributed by atoms with E-state index in [4.69, 9.17) is 5.26 Å². The zero-order valence-corrected chi connectivity index (χ0v) is 19.3. The molecule has 0 unspecified atom stereocenters. The summed E-state index contributed by atoms with van der Waals surface area (Å²) in [5.74, 6) is 0.981. The van der Waals surface area contributed by atoms with Gasteiger partial charge in [-0.2, -0.15) is 17.0 Å². The number of anilines is 3. The maximum atomic E-state index is 12.5. The van der Waals surface area contributed by atoms with Gasteiger partial charge in [0, 0.05) is 33.7 Å². The lowest BCUT2D eigenvalue weighted by Crippen LogP contribution is -2.33. The van der Waals surface area contributed by atoms with Crippen LogP contribution in [0.1, 0.15) is 22.3 Å². The first-order chi connectivity index (χ1) is 14.9. The number of ketones is 1. The number of halogens is 1. The number of amides is 2. The quantitative estimate of drug-likeness (QED) is 0.282. The molecule has 0 aromatic heterocycles. The van der Waals surface area contributed by atoms with Crippen LogP contribution in [0.25, 0.3) is 0 Å². The van der Waals surface area contributed by atoms with E-state index in [1.165, 1.54) is 6.07 Å². The van der Waals surface area contributed by atoms with E-state index in [9.17, 15) is 19.5 Å². The van der Waals surface area contributed by atoms with Gasteiger partial charge in [0.2, 0.25) is 5.91 Å². The third-order valence-corrected chi connectivity index (χ3v) is 6.40. The van der Waals surface area contributed by atoms with Crippen LogP contribution in [-0.4, -0.2) is 47.5 Å². The smallest absolute Gasteiger partial charge is 0.409 e. The fourth-order valence-corrected chi connectivity index (χ4v) is 4.85. The summed E-state index contributed by atoms with van der Waals surface area (Å²) >= 11 is 4.03. The standard InChI is InChI=1S/C21H19IN4O4S/c22-15-9-16(17(25-21(29)30)10-18(15)26-4-6-31-7-5-26)24-20(28)11-19(27)14-3-1-2-13(8-14)12-23/h1-3,8-10,25H,4-7,11H2,(H,24,28)(H,29,30). The van der Waals surface area contributed by atoms with Crippen molar-refractivity contribution in [2.45, 2.75) is 6.42 Å². The molecule has 160 valence electrons. The summed E-state index contributed by atoms with van der Waals surface area (Å²) in [6, 6.07) is 11.5. The average molecular weight is 550 g/mol. The van der Waals surface area contributed by atoms with E-state index in [0.29, 0.717) is 5.56 Å². The molecule has 10 heteroatoms. The van der Waals surface area contributed by atoms with Gasteiger partial charge in [-0.25, -0.2) is 4.79 Å². The van der Waals surface area contributed by atoms with Crippen LogP contribution in [0, 0.1) is 14.9 Å². The molecule has 0 radical (unpaired) electrons. The number of benzene rings is 2. The Labute approximate surface area is 197 Å². The van der Waals surface area contributed by atoms with Crippen molar-refractivity contribution in [3.05, 3.63) is 51.1 Å². The van der Waals surface area contributed by atoms with E-state index in [2.05, 4.69) is 38.1 Å². The molecule has 1 heterocycles. The summed E-state index contributed by atoms with van der Waals surface area (Å²) in [4.78, 5) is 38.4. The van der Waals surface area contributed by atoms with E-state index in [1.807, 2.05) is 17.8 Å². The highest BCUT2D eigenvalue weighted by Gasteiger charge is 2.20. The minimum atomic E-state index is -1.25. The molecule has 1 aliphatic heterocycles. The van der Waals surface area contributed by atoms with Gasteiger partial charge < -0.3 is 15.3 Å². The van der Waals surface area contributed by atoms with Crippen LogP contribution in [0.5, 0.6) is 0 Å². The number of thioether (sulfide) groups is 1. The van der Waals surface area contributed by atoms with Crippen molar-refractivity contribution in [2.75, 3.05) is 40.1 Å². The average Bonchev–Trinajstić information content (AvgIpc) is 2.75. The normalized spacial score (nSPS) is 13.2. The number of carbonyl (C=O) groups is 3. The lowest BCUT2D eigenvalue weighted by Gasteiger charge is -2.30. The predicted octanol–water partition coefficient (Wildman–Crippen LogP) is 4.02. The van der Waals surface area contributed by atoms with Gasteiger partial charge in [0.05, 0.1) is 35.1 Å². The summed E-state index contributed by atoms with van der Waals surface area (Å²) in [6.07, 6.45) is -1.68. The Morgan fingerprint density at radius 2 is 1.84 bits per heavy atom. The molecule has 0 spiro atoms. The highest BCUT2D eigenvalue weighted by atomic mass is 127. The maximum Gasteiger partial charge on any atom is 0.409 e. The van der Waals surface area contributed by atoms with Crippen LogP contribution in [0.2, 0.25) is 0 Å². The minimum absolute atomic E-state index is 0.244. The summed E-state index contributed by atoms with van der Waals surface area (Å²) in [6.45, 7) is 1.71. The molecule has 3 rings (SSSR count). The molecule has 8 nitrogen and oxygen atoms in total. The van der Waals surface area contributed by atoms with Crippen LogP contribution >= 0.6 is 34.4 Å². The first kappa shape index (κ1) is 22.9. The van der Waals surface area contributed by atoms with Crippen LogP contribution in [0.15, 0.2) is 36.4 Å². The number of carboxylic acid groups (broad SMARTS) is 1. The van der Waals surface area contributed by atoms with Crippen molar-refractivity contribution >= 4 is 69.2 Å². The first-order valence-corrected chi connectivity index (χ1v) is 11.6. The Kier molecular flexibility index (Phi) is 7.75. The number of nitrogens with zero attached hydrogens (tertiary/aromatic N) is 2. The zero-order valence-electron chi connectivity index (χ0n) is 16.4. The molecule has 2 aromatic carbocycles. The van der Waals surface area contributed by atoms with E-state index in [-0.39, 0.29) is 16.9 Å². The number of hydrogen-bond acceptors (Lipinski definition) is 6. The van der Waals surface area contributed by atoms with Crippen LogP contribution < -0.4 is 15.5 Å². The van der Waals surface area contributed by atoms with Crippen LogP contribution in [0.4, 0.5) is 21.9 Å². The molecule has 31 heavy (non-hydrogen) atoms. The highest BCUT2D eigenvalue weighted by Crippen LogP contribution is 2.34. The Morgan fingerprint density at radius 1 is 1.13 bits per heavy atom. The number of Topliss-reactive ketones (excluding diaryl/α,β-unsaturated/α-hetero) is 1. The first-order valence-electron chi connectivity index (χ1n) is 9.37. The van der Waals surface area contributed by atoms with Gasteiger partial charge >= 0.3 is 6.09 Å². The lowest BCUT2D eigenvalue weighted by atomic mass is 10.1. The van der Waals surface area contributed by atoms with Gasteiger partial charge in [-0.1, -0.05) is 12.1 Å². The molecule has 0 saturated carbocycles. The van der Waals surface area contributed by atoms with Gasteiger partial charge in [-0.05, 0) is 46.9 Å². The third kappa shape index (κ3) is 6.11. The summed E-state index contributed by atoms with van der Waals surface area (Å²) in [7, 11) is 0. The van der Waals surface area contributed by atoms with Gasteiger partial charge in [0.1, 0.15) is 0 Å². The highest BCUT2D eigenvalue weighted by molar-refractivity contribution is 14.1. The van der Waals surface area contributed by atoms with E-state index in [0.717, 1.165) is 33.9 Å². The Morgan fingerprint density at radius 3 is 2.52 bits per heavy atom. The molecule has 2 aromatic rings. The van der Waals surface area contributed by atoms with Gasteiger partial charge in [0.15, 0.2) is 5.78 Å². The summed E-state index contributed by atoms with van der Waals surface area (Å²) in [5, 5.41) is 23.2. The molecule has 1 aliphatic rings. The van der Waals surface area contributed by atoms with Crippen molar-refractivity contribution in [1.82, 2.24) is 0 Å². The SMILES string of the molecule is N#Cc1cccc(C(=O)CC(=O)Nc2cc(I)c(N3CCSCC3)cc2NC(=O)O)c1. The molecular formula is C21H19IN4O4S. The lowest BCUT2D eigenvalue weighted by molar-refractivity contribution is -0.115. The number of carbonyl (C=O) groups excluding carboxylic acids is 2. The molecule has 0 atom stereocenters. The van der Waals surface area contributed by atoms with Gasteiger partial charge in [0.25, 0.3) is 0 Å². The number of nitrogens with one attached hydrogen (secondary N) is 2. The minimum Gasteiger partial charge on any atom is -0.465 e. The third-order valence-electron chi connectivity index (χ3n) is 4.59. The number of hydrogen-bond donors (Lipinski definition) is 3. The molecule has 0 bridgehead atoms. The summed E-state index contributed by atoms with van der Waals surface area (Å²) < 4.78 is 0.865. The van der Waals surface area contributed by atoms with Crippen molar-refractivity contribution in [1.29, 1.82) is 5.26 Å². The fourth-order valence-electron chi connectivity index (χ4n) is 3.13. The Balaban J connectivity index is 1.79. The molecule has 3 N–H and O–H groups in total. The van der Waals surface area contributed by atoms with Crippen molar-refractivity contribution < 1.29 is 19.5 Å². The number of rotatable bonds is 6. The van der Waals surface area contributed by atoms with Crippen LogP contribution in [-0.2, 0) is 4.79 Å². The zero-order chi connectivity index (χ0) is 22.4. The Hall–Kier alpha value is -2.78. The van der Waals surface area contributed by atoms with Crippen molar-refractivity contribution in [2.24, 2.45) is 0 Å². The van der Waals surface area contributed by atoms with Gasteiger partial charge in [-0.15, -0.1) is 0 Å². The predicted molar refractivity (Wildman–Crippen MR) is 129 cm³/mol. The fraction of sp³-hybridized carbons (Fsp3) is 0.238. The van der Waals surface area contributed by atoms with Crippen molar-refractivity contribution in [3.8, 4) is 6.07 Å². The Bertz CT molecular complexity index is 1060. The molecule has 0 aliphatic carbocycles. The van der Waals surface area contributed by atoms with Crippen molar-refractivity contribution in [3.63, 3.8) is 0 Å². The topological polar surface area (TPSA) is 123 Å². The second-order valence-corrected chi connectivity index (χ2v) is 9.11. The van der Waals surface area contributed by atoms with E-state index < -0.39 is 24.2 Å². The van der Waals surface area contributed by atoms with E-state index >= 15 is 0 Å². The summed E-state index contributed by atoms with van der Waals surface area (Å²) in [5.41, 5.74) is 2.03. The monoisotopic (exact) mass is 550 g/mol. The molecule has 2 amide bonds. The molecular weight excluding hydrogens is 531 g/mol. The van der Waals surface area contributed by atoms with Gasteiger partial charge in [-0.3, -0.25) is 14.9 Å².